The van der Waals surface area contributed by atoms with Gasteiger partial charge in [-0.15, -0.1) is 11.8 Å². The maximum Gasteiger partial charge on any atom is 0.221 e. The fourth-order valence-electron chi connectivity index (χ4n) is 2.19. The van der Waals surface area contributed by atoms with Crippen molar-refractivity contribution in [3.63, 3.8) is 0 Å². The zero-order valence-corrected chi connectivity index (χ0v) is 13.1. The van der Waals surface area contributed by atoms with Crippen LogP contribution in [0.2, 0.25) is 5.02 Å². The lowest BCUT2D eigenvalue weighted by Gasteiger charge is -2.28. The molecule has 1 fully saturated rings. The Hall–Kier alpha value is -0.710. The SMILES string of the molecule is CC(CO)(NC(=O)CCSc1ccccc1Cl)C1CC1. The topological polar surface area (TPSA) is 49.3 Å². The summed E-state index contributed by atoms with van der Waals surface area (Å²) in [6.07, 6.45) is 2.61. The van der Waals surface area contributed by atoms with Gasteiger partial charge in [0.25, 0.3) is 0 Å². The number of thioether (sulfide) groups is 1. The van der Waals surface area contributed by atoms with Crippen LogP contribution in [-0.2, 0) is 4.79 Å². The first kappa shape index (κ1) is 15.7. The molecule has 0 aliphatic heterocycles. The number of rotatable bonds is 7. The van der Waals surface area contributed by atoms with Crippen LogP contribution in [0.5, 0.6) is 0 Å². The van der Waals surface area contributed by atoms with Crippen molar-refractivity contribution in [2.75, 3.05) is 12.4 Å². The molecule has 1 atom stereocenters. The van der Waals surface area contributed by atoms with Crippen molar-refractivity contribution >= 4 is 29.3 Å². The molecule has 20 heavy (non-hydrogen) atoms. The summed E-state index contributed by atoms with van der Waals surface area (Å²) in [5, 5.41) is 13.1. The third-order valence-corrected chi connectivity index (χ3v) is 5.17. The molecule has 110 valence electrons. The Morgan fingerprint density at radius 1 is 1.50 bits per heavy atom. The molecule has 0 spiro atoms. The van der Waals surface area contributed by atoms with Gasteiger partial charge in [0.05, 0.1) is 17.2 Å². The first-order valence-corrected chi connectivity index (χ1v) is 8.21. The Balaban J connectivity index is 1.77. The first-order valence-electron chi connectivity index (χ1n) is 6.84. The van der Waals surface area contributed by atoms with Crippen molar-refractivity contribution in [1.82, 2.24) is 5.32 Å². The number of amides is 1. The molecule has 1 aromatic rings. The van der Waals surface area contributed by atoms with Crippen molar-refractivity contribution < 1.29 is 9.90 Å². The predicted molar refractivity (Wildman–Crippen MR) is 83.2 cm³/mol. The van der Waals surface area contributed by atoms with Crippen molar-refractivity contribution in [3.05, 3.63) is 29.3 Å². The number of aliphatic hydroxyl groups excluding tert-OH is 1. The van der Waals surface area contributed by atoms with E-state index >= 15 is 0 Å². The van der Waals surface area contributed by atoms with Gasteiger partial charge in [0.1, 0.15) is 0 Å². The third-order valence-electron chi connectivity index (χ3n) is 3.66. The van der Waals surface area contributed by atoms with Gasteiger partial charge in [-0.1, -0.05) is 23.7 Å². The Kier molecular flexibility index (Phi) is 5.35. The van der Waals surface area contributed by atoms with Crippen LogP contribution in [-0.4, -0.2) is 28.9 Å². The monoisotopic (exact) mass is 313 g/mol. The summed E-state index contributed by atoms with van der Waals surface area (Å²) in [5.74, 6) is 1.10. The van der Waals surface area contributed by atoms with E-state index in [2.05, 4.69) is 5.32 Å². The first-order chi connectivity index (χ1) is 9.55. The molecule has 1 aliphatic carbocycles. The summed E-state index contributed by atoms with van der Waals surface area (Å²) >= 11 is 7.64. The Morgan fingerprint density at radius 3 is 2.80 bits per heavy atom. The second-order valence-electron chi connectivity index (χ2n) is 5.43. The lowest BCUT2D eigenvalue weighted by molar-refractivity contribution is -0.123. The molecule has 0 saturated heterocycles. The van der Waals surface area contributed by atoms with Gasteiger partial charge in [-0.3, -0.25) is 4.79 Å². The normalized spacial score (nSPS) is 17.6. The molecule has 1 aliphatic rings. The van der Waals surface area contributed by atoms with Gasteiger partial charge in [-0.2, -0.15) is 0 Å². The maximum absolute atomic E-state index is 12.0. The second-order valence-corrected chi connectivity index (χ2v) is 6.97. The standard InChI is InChI=1S/C15H20ClNO2S/c1-15(10-18,11-6-7-11)17-14(19)8-9-20-13-5-3-2-4-12(13)16/h2-5,11,18H,6-10H2,1H3,(H,17,19). The van der Waals surface area contributed by atoms with E-state index in [0.717, 1.165) is 22.8 Å². The van der Waals surface area contributed by atoms with Crippen LogP contribution in [0.25, 0.3) is 0 Å². The number of carbonyl (C=O) groups is 1. The number of hydrogen-bond acceptors (Lipinski definition) is 3. The molecular weight excluding hydrogens is 294 g/mol. The highest BCUT2D eigenvalue weighted by molar-refractivity contribution is 7.99. The fourth-order valence-corrected chi connectivity index (χ4v) is 3.38. The van der Waals surface area contributed by atoms with Crippen molar-refractivity contribution in [1.29, 1.82) is 0 Å². The molecule has 0 heterocycles. The molecular formula is C15H20ClNO2S. The van der Waals surface area contributed by atoms with Gasteiger partial charge >= 0.3 is 0 Å². The Morgan fingerprint density at radius 2 is 2.20 bits per heavy atom. The van der Waals surface area contributed by atoms with E-state index in [9.17, 15) is 9.90 Å². The molecule has 0 radical (unpaired) electrons. The van der Waals surface area contributed by atoms with Crippen LogP contribution in [0.4, 0.5) is 0 Å². The van der Waals surface area contributed by atoms with Gasteiger partial charge in [-0.05, 0) is 37.8 Å². The number of aliphatic hydroxyl groups is 1. The third kappa shape index (κ3) is 4.14. The summed E-state index contributed by atoms with van der Waals surface area (Å²) in [6.45, 7) is 1.92. The molecule has 5 heteroatoms. The van der Waals surface area contributed by atoms with Crippen LogP contribution >= 0.6 is 23.4 Å². The van der Waals surface area contributed by atoms with E-state index in [1.807, 2.05) is 31.2 Å². The average Bonchev–Trinajstić information content (AvgIpc) is 3.25. The van der Waals surface area contributed by atoms with Gasteiger partial charge in [0, 0.05) is 17.1 Å². The molecule has 2 rings (SSSR count). The maximum atomic E-state index is 12.0. The molecule has 3 nitrogen and oxygen atoms in total. The van der Waals surface area contributed by atoms with Crippen molar-refractivity contribution in [2.45, 2.75) is 36.6 Å². The van der Waals surface area contributed by atoms with Crippen LogP contribution in [0.3, 0.4) is 0 Å². The summed E-state index contributed by atoms with van der Waals surface area (Å²) in [5.41, 5.74) is -0.452. The van der Waals surface area contributed by atoms with Crippen LogP contribution in [0.15, 0.2) is 29.2 Å². The second kappa shape index (κ2) is 6.83. The summed E-state index contributed by atoms with van der Waals surface area (Å²) in [7, 11) is 0. The molecule has 1 amide bonds. The highest BCUT2D eigenvalue weighted by atomic mass is 35.5. The fraction of sp³-hybridized carbons (Fsp3) is 0.533. The lowest BCUT2D eigenvalue weighted by Crippen LogP contribution is -2.50. The smallest absolute Gasteiger partial charge is 0.221 e. The number of benzene rings is 1. The Labute approximate surface area is 129 Å². The average molecular weight is 314 g/mol. The van der Waals surface area contributed by atoms with E-state index in [-0.39, 0.29) is 12.5 Å². The van der Waals surface area contributed by atoms with E-state index in [0.29, 0.717) is 18.1 Å². The zero-order chi connectivity index (χ0) is 14.6. The van der Waals surface area contributed by atoms with Crippen molar-refractivity contribution in [3.8, 4) is 0 Å². The number of hydrogen-bond donors (Lipinski definition) is 2. The lowest BCUT2D eigenvalue weighted by atomic mass is 9.97. The van der Waals surface area contributed by atoms with Crippen LogP contribution < -0.4 is 5.32 Å². The van der Waals surface area contributed by atoms with E-state index in [1.54, 1.807) is 11.8 Å². The number of nitrogens with one attached hydrogen (secondary N) is 1. The van der Waals surface area contributed by atoms with Gasteiger partial charge in [0.15, 0.2) is 0 Å². The molecule has 1 unspecified atom stereocenters. The van der Waals surface area contributed by atoms with Crippen LogP contribution in [0, 0.1) is 5.92 Å². The number of carbonyl (C=O) groups excluding carboxylic acids is 1. The van der Waals surface area contributed by atoms with Gasteiger partial charge in [0.2, 0.25) is 5.91 Å². The molecule has 1 saturated carbocycles. The largest absolute Gasteiger partial charge is 0.394 e. The summed E-state index contributed by atoms with van der Waals surface area (Å²) in [4.78, 5) is 13.0. The molecule has 2 N–H and O–H groups in total. The molecule has 0 bridgehead atoms. The quantitative estimate of drug-likeness (QED) is 0.761. The highest BCUT2D eigenvalue weighted by Gasteiger charge is 2.41. The van der Waals surface area contributed by atoms with Gasteiger partial charge in [-0.25, -0.2) is 0 Å². The summed E-state index contributed by atoms with van der Waals surface area (Å²) in [6, 6.07) is 7.62. The van der Waals surface area contributed by atoms with Crippen molar-refractivity contribution in [2.24, 2.45) is 5.92 Å². The van der Waals surface area contributed by atoms with E-state index < -0.39 is 5.54 Å². The minimum atomic E-state index is -0.452. The zero-order valence-electron chi connectivity index (χ0n) is 11.6. The number of halogens is 1. The molecule has 1 aromatic carbocycles. The highest BCUT2D eigenvalue weighted by Crippen LogP contribution is 2.39. The molecule has 0 aromatic heterocycles. The van der Waals surface area contributed by atoms with Gasteiger partial charge < -0.3 is 10.4 Å². The summed E-state index contributed by atoms with van der Waals surface area (Å²) < 4.78 is 0. The van der Waals surface area contributed by atoms with E-state index in [1.165, 1.54) is 0 Å². The Bertz CT molecular complexity index is 479. The predicted octanol–water partition coefficient (Wildman–Crippen LogP) is 3.10. The van der Waals surface area contributed by atoms with Crippen LogP contribution in [0.1, 0.15) is 26.2 Å². The van der Waals surface area contributed by atoms with E-state index in [4.69, 9.17) is 11.6 Å². The minimum absolute atomic E-state index is 0.00105. The minimum Gasteiger partial charge on any atom is -0.394 e.